The molecule has 1 saturated carbocycles. The summed E-state index contributed by atoms with van der Waals surface area (Å²) in [5, 5.41) is 1.70. The van der Waals surface area contributed by atoms with Crippen molar-refractivity contribution >= 4 is 29.3 Å². The van der Waals surface area contributed by atoms with Crippen molar-refractivity contribution in [2.45, 2.75) is 77.3 Å². The van der Waals surface area contributed by atoms with Crippen molar-refractivity contribution in [3.05, 3.63) is 36.0 Å². The quantitative estimate of drug-likeness (QED) is 0.467. The van der Waals surface area contributed by atoms with Gasteiger partial charge in [0.15, 0.2) is 5.82 Å². The SMILES string of the molecule is CCCC1(C)CN(C2CCCC2)c2nc(NN(C(=O)c3cccc(OC)c3)C3CCN(C)CC3)ncc2N(C)C1=O. The lowest BCUT2D eigenvalue weighted by Gasteiger charge is -2.38. The molecule has 2 fully saturated rings. The minimum atomic E-state index is -0.511. The monoisotopic (exact) mass is 563 g/mol. The summed E-state index contributed by atoms with van der Waals surface area (Å²) in [7, 11) is 5.54. The standard InChI is InChI=1S/C31H45N7O3/c1-6-16-31(2)21-37(23-11-7-8-12-23)27-26(36(4)29(31)40)20-32-30(33-27)34-38(24-14-17-35(3)18-15-24)28(39)22-10-9-13-25(19-22)41-5/h9-10,13,19-20,23-24H,6-8,11-12,14-18,21H2,1-5H3,(H,32,33,34). The van der Waals surface area contributed by atoms with Gasteiger partial charge in [-0.3, -0.25) is 15.0 Å². The third-order valence-corrected chi connectivity index (χ3v) is 9.10. The van der Waals surface area contributed by atoms with Gasteiger partial charge in [-0.05, 0) is 77.4 Å². The van der Waals surface area contributed by atoms with Crippen LogP contribution in [0.15, 0.2) is 30.5 Å². The lowest BCUT2D eigenvalue weighted by atomic mass is 9.83. The Bertz CT molecular complexity index is 1240. The molecule has 41 heavy (non-hydrogen) atoms. The molecule has 5 rings (SSSR count). The zero-order valence-electron chi connectivity index (χ0n) is 25.2. The Kier molecular flexibility index (Phi) is 8.68. The summed E-state index contributed by atoms with van der Waals surface area (Å²) in [6.45, 7) is 6.65. The normalized spacial score (nSPS) is 22.4. The molecule has 1 saturated heterocycles. The first-order chi connectivity index (χ1) is 19.7. The number of nitrogens with one attached hydrogen (secondary N) is 1. The van der Waals surface area contributed by atoms with E-state index in [1.54, 1.807) is 29.3 Å². The second kappa shape index (κ2) is 12.2. The third-order valence-electron chi connectivity index (χ3n) is 9.10. The van der Waals surface area contributed by atoms with E-state index < -0.39 is 5.41 Å². The van der Waals surface area contributed by atoms with Crippen LogP contribution in [0.5, 0.6) is 5.75 Å². The van der Waals surface area contributed by atoms with E-state index >= 15 is 0 Å². The largest absolute Gasteiger partial charge is 0.497 e. The number of hydrogen-bond donors (Lipinski definition) is 1. The molecule has 0 spiro atoms. The molecule has 3 heterocycles. The molecule has 10 heteroatoms. The molecule has 1 atom stereocenters. The maximum Gasteiger partial charge on any atom is 0.272 e. The number of rotatable bonds is 8. The molecule has 10 nitrogen and oxygen atoms in total. The predicted octanol–water partition coefficient (Wildman–Crippen LogP) is 4.58. The van der Waals surface area contributed by atoms with Crippen LogP contribution in [0, 0.1) is 5.41 Å². The number of hydrogen-bond acceptors (Lipinski definition) is 8. The number of methoxy groups -OCH3 is 1. The van der Waals surface area contributed by atoms with E-state index in [1.165, 1.54) is 12.8 Å². The second-order valence-corrected chi connectivity index (χ2v) is 12.2. The Labute approximate surface area is 244 Å². The summed E-state index contributed by atoms with van der Waals surface area (Å²) in [5.41, 5.74) is 4.07. The summed E-state index contributed by atoms with van der Waals surface area (Å²) in [4.78, 5) is 43.8. The number of amides is 2. The van der Waals surface area contributed by atoms with E-state index in [9.17, 15) is 9.59 Å². The molecule has 0 bridgehead atoms. The van der Waals surface area contributed by atoms with Crippen LogP contribution in [0.2, 0.25) is 0 Å². The molecule has 2 aliphatic heterocycles. The number of aromatic nitrogens is 2. The van der Waals surface area contributed by atoms with E-state index in [0.717, 1.165) is 63.1 Å². The van der Waals surface area contributed by atoms with Crippen molar-refractivity contribution in [3.8, 4) is 5.75 Å². The van der Waals surface area contributed by atoms with Gasteiger partial charge in [0.1, 0.15) is 11.4 Å². The summed E-state index contributed by atoms with van der Waals surface area (Å²) in [6.07, 6.45) is 9.69. The van der Waals surface area contributed by atoms with E-state index in [1.807, 2.05) is 25.2 Å². The van der Waals surface area contributed by atoms with E-state index in [0.29, 0.717) is 29.8 Å². The van der Waals surface area contributed by atoms with E-state index in [4.69, 9.17) is 9.72 Å². The molecular formula is C31H45N7O3. The highest BCUT2D eigenvalue weighted by Gasteiger charge is 2.44. The van der Waals surface area contributed by atoms with Crippen LogP contribution in [0.3, 0.4) is 0 Å². The molecule has 1 aliphatic carbocycles. The second-order valence-electron chi connectivity index (χ2n) is 12.2. The molecule has 0 radical (unpaired) electrons. The van der Waals surface area contributed by atoms with Gasteiger partial charge in [-0.2, -0.15) is 4.98 Å². The highest BCUT2D eigenvalue weighted by atomic mass is 16.5. The molecule has 1 aromatic carbocycles. The lowest BCUT2D eigenvalue weighted by molar-refractivity contribution is -0.127. The minimum absolute atomic E-state index is 0.0182. The minimum Gasteiger partial charge on any atom is -0.497 e. The van der Waals surface area contributed by atoms with Gasteiger partial charge in [0.25, 0.3) is 5.91 Å². The number of nitrogens with zero attached hydrogens (tertiary/aromatic N) is 6. The van der Waals surface area contributed by atoms with Crippen molar-refractivity contribution in [3.63, 3.8) is 0 Å². The molecule has 1 N–H and O–H groups in total. The van der Waals surface area contributed by atoms with Gasteiger partial charge < -0.3 is 19.4 Å². The van der Waals surface area contributed by atoms with Crippen molar-refractivity contribution in [1.82, 2.24) is 19.9 Å². The van der Waals surface area contributed by atoms with Gasteiger partial charge >= 0.3 is 0 Å². The number of carbonyl (C=O) groups excluding carboxylic acids is 2. The average Bonchev–Trinajstić information content (AvgIpc) is 3.51. The van der Waals surface area contributed by atoms with Crippen molar-refractivity contribution in [2.75, 3.05) is 56.1 Å². The maximum atomic E-state index is 13.9. The van der Waals surface area contributed by atoms with Crippen molar-refractivity contribution in [2.24, 2.45) is 5.41 Å². The van der Waals surface area contributed by atoms with Crippen LogP contribution in [-0.2, 0) is 4.79 Å². The van der Waals surface area contributed by atoms with Gasteiger partial charge in [0.05, 0.1) is 24.8 Å². The van der Waals surface area contributed by atoms with Crippen LogP contribution in [0.25, 0.3) is 0 Å². The summed E-state index contributed by atoms with van der Waals surface area (Å²) in [5.74, 6) is 1.72. The number of likely N-dealkylation sites (tertiary alicyclic amines) is 1. The van der Waals surface area contributed by atoms with Crippen LogP contribution in [0.1, 0.15) is 75.6 Å². The Morgan fingerprint density at radius 1 is 1.17 bits per heavy atom. The molecule has 3 aliphatic rings. The fourth-order valence-corrected chi connectivity index (χ4v) is 6.72. The van der Waals surface area contributed by atoms with E-state index in [-0.39, 0.29) is 17.9 Å². The Balaban J connectivity index is 1.52. The molecule has 2 aromatic rings. The fourth-order valence-electron chi connectivity index (χ4n) is 6.72. The summed E-state index contributed by atoms with van der Waals surface area (Å²) in [6, 6.07) is 7.55. The number of piperidine rings is 1. The lowest BCUT2D eigenvalue weighted by Crippen LogP contribution is -2.49. The first-order valence-electron chi connectivity index (χ1n) is 15.1. The third kappa shape index (κ3) is 5.98. The van der Waals surface area contributed by atoms with Crippen LogP contribution in [0.4, 0.5) is 17.5 Å². The Morgan fingerprint density at radius 3 is 2.59 bits per heavy atom. The number of fused-ring (bicyclic) bond motifs is 1. The van der Waals surface area contributed by atoms with Crippen LogP contribution in [-0.4, -0.2) is 84.6 Å². The van der Waals surface area contributed by atoms with Crippen LogP contribution >= 0.6 is 0 Å². The zero-order chi connectivity index (χ0) is 29.1. The van der Waals surface area contributed by atoms with Crippen molar-refractivity contribution < 1.29 is 14.3 Å². The smallest absolute Gasteiger partial charge is 0.272 e. The van der Waals surface area contributed by atoms with Gasteiger partial charge in [-0.15, -0.1) is 0 Å². The number of hydrazine groups is 1. The zero-order valence-corrected chi connectivity index (χ0v) is 25.2. The van der Waals surface area contributed by atoms with Crippen molar-refractivity contribution in [1.29, 1.82) is 0 Å². The number of benzene rings is 1. The highest BCUT2D eigenvalue weighted by Crippen LogP contribution is 2.42. The first-order valence-corrected chi connectivity index (χ1v) is 15.1. The van der Waals surface area contributed by atoms with Gasteiger partial charge in [-0.25, -0.2) is 9.99 Å². The number of carbonyl (C=O) groups is 2. The van der Waals surface area contributed by atoms with Gasteiger partial charge in [0, 0.05) is 25.2 Å². The molecule has 1 aromatic heterocycles. The first kappa shape index (κ1) is 29.1. The van der Waals surface area contributed by atoms with Gasteiger partial charge in [-0.1, -0.05) is 32.3 Å². The maximum absolute atomic E-state index is 13.9. The summed E-state index contributed by atoms with van der Waals surface area (Å²) >= 11 is 0. The Morgan fingerprint density at radius 2 is 1.90 bits per heavy atom. The fraction of sp³-hybridized carbons (Fsp3) is 0.613. The molecule has 1 unspecified atom stereocenters. The number of anilines is 3. The summed E-state index contributed by atoms with van der Waals surface area (Å²) < 4.78 is 5.39. The number of ether oxygens (including phenoxy) is 1. The average molecular weight is 564 g/mol. The van der Waals surface area contributed by atoms with E-state index in [2.05, 4.69) is 41.1 Å². The Hall–Kier alpha value is -3.40. The van der Waals surface area contributed by atoms with Crippen LogP contribution < -0.4 is 20.0 Å². The topological polar surface area (TPSA) is 94.1 Å². The van der Waals surface area contributed by atoms with Gasteiger partial charge in [0.2, 0.25) is 11.9 Å². The highest BCUT2D eigenvalue weighted by molar-refractivity contribution is 6.01. The molecule has 222 valence electrons. The predicted molar refractivity (Wildman–Crippen MR) is 161 cm³/mol. The molecular weight excluding hydrogens is 518 g/mol. The molecule has 2 amide bonds.